The molecule has 0 radical (unpaired) electrons. The number of aliphatic carboxylic acids is 1. The van der Waals surface area contributed by atoms with E-state index in [-0.39, 0.29) is 12.6 Å². The number of carbonyl (C=O) groups is 2. The maximum Gasteiger partial charge on any atom is 0.328 e. The summed E-state index contributed by atoms with van der Waals surface area (Å²) >= 11 is 0. The fraction of sp³-hybridized carbons (Fsp3) is 0.615. The maximum absolute atomic E-state index is 12.2. The lowest BCUT2D eigenvalue weighted by molar-refractivity contribution is -0.140. The zero-order valence-corrected chi connectivity index (χ0v) is 11.4. The van der Waals surface area contributed by atoms with Gasteiger partial charge in [0.15, 0.2) is 6.04 Å². The van der Waals surface area contributed by atoms with Crippen LogP contribution >= 0.6 is 0 Å². The topological polar surface area (TPSA) is 93.5 Å². The molecule has 20 heavy (non-hydrogen) atoms. The van der Waals surface area contributed by atoms with E-state index in [4.69, 9.17) is 9.84 Å². The van der Waals surface area contributed by atoms with Crippen molar-refractivity contribution in [3.8, 4) is 0 Å². The Labute approximate surface area is 116 Å². The van der Waals surface area contributed by atoms with Crippen LogP contribution in [0.5, 0.6) is 0 Å². The van der Waals surface area contributed by atoms with Crippen LogP contribution in [-0.2, 0) is 9.53 Å². The lowest BCUT2D eigenvalue weighted by Gasteiger charge is -2.16. The molecule has 7 nitrogen and oxygen atoms in total. The number of ether oxygens (including phenoxy) is 1. The van der Waals surface area contributed by atoms with E-state index < -0.39 is 17.9 Å². The van der Waals surface area contributed by atoms with E-state index in [1.807, 2.05) is 0 Å². The van der Waals surface area contributed by atoms with Gasteiger partial charge >= 0.3 is 5.97 Å². The van der Waals surface area contributed by atoms with Gasteiger partial charge in [-0.15, -0.1) is 0 Å². The van der Waals surface area contributed by atoms with Gasteiger partial charge in [0, 0.05) is 13.3 Å². The van der Waals surface area contributed by atoms with Crippen molar-refractivity contribution in [1.82, 2.24) is 15.1 Å². The summed E-state index contributed by atoms with van der Waals surface area (Å²) in [5.74, 6) is -1.55. The molecule has 7 heteroatoms. The van der Waals surface area contributed by atoms with Crippen molar-refractivity contribution < 1.29 is 19.4 Å². The molecule has 1 saturated carbocycles. The molecule has 1 aliphatic rings. The highest BCUT2D eigenvalue weighted by Gasteiger charge is 2.25. The van der Waals surface area contributed by atoms with Gasteiger partial charge in [0.25, 0.3) is 5.91 Å². The van der Waals surface area contributed by atoms with Crippen LogP contribution in [0.15, 0.2) is 12.3 Å². The summed E-state index contributed by atoms with van der Waals surface area (Å²) in [6.07, 6.45) is 5.84. The Hall–Kier alpha value is -1.89. The number of carboxylic acid groups (broad SMARTS) is 1. The molecule has 1 atom stereocenters. The van der Waals surface area contributed by atoms with Crippen molar-refractivity contribution in [2.75, 3.05) is 13.7 Å². The fourth-order valence-corrected chi connectivity index (χ4v) is 2.51. The first-order valence-corrected chi connectivity index (χ1v) is 6.69. The van der Waals surface area contributed by atoms with Gasteiger partial charge in [0.05, 0.1) is 12.6 Å². The Balaban J connectivity index is 2.09. The van der Waals surface area contributed by atoms with Crippen LogP contribution in [0, 0.1) is 0 Å². The molecule has 1 amide bonds. The Morgan fingerprint density at radius 3 is 2.85 bits per heavy atom. The predicted molar refractivity (Wildman–Crippen MR) is 70.5 cm³/mol. The van der Waals surface area contributed by atoms with Gasteiger partial charge in [-0.1, -0.05) is 12.8 Å². The van der Waals surface area contributed by atoms with Gasteiger partial charge in [0.2, 0.25) is 0 Å². The number of nitrogens with one attached hydrogen (secondary N) is 1. The summed E-state index contributed by atoms with van der Waals surface area (Å²) in [6.45, 7) is -0.0708. The van der Waals surface area contributed by atoms with Gasteiger partial charge in [-0.25, -0.2) is 4.79 Å². The smallest absolute Gasteiger partial charge is 0.328 e. The number of amides is 1. The van der Waals surface area contributed by atoms with E-state index in [9.17, 15) is 9.59 Å². The van der Waals surface area contributed by atoms with Crippen molar-refractivity contribution >= 4 is 11.9 Å². The van der Waals surface area contributed by atoms with Gasteiger partial charge < -0.3 is 15.2 Å². The maximum atomic E-state index is 12.2. The van der Waals surface area contributed by atoms with E-state index in [2.05, 4.69) is 10.4 Å². The summed E-state index contributed by atoms with van der Waals surface area (Å²) in [7, 11) is 1.39. The van der Waals surface area contributed by atoms with E-state index in [1.165, 1.54) is 7.11 Å². The van der Waals surface area contributed by atoms with E-state index >= 15 is 0 Å². The van der Waals surface area contributed by atoms with Crippen molar-refractivity contribution in [3.05, 3.63) is 18.0 Å². The van der Waals surface area contributed by atoms with Crippen LogP contribution in [0.3, 0.4) is 0 Å². The van der Waals surface area contributed by atoms with E-state index in [0.29, 0.717) is 5.69 Å². The number of carboxylic acids is 1. The average molecular weight is 281 g/mol. The Morgan fingerprint density at radius 1 is 1.55 bits per heavy atom. The highest BCUT2D eigenvalue weighted by Crippen LogP contribution is 2.29. The Kier molecular flexibility index (Phi) is 4.73. The van der Waals surface area contributed by atoms with Crippen LogP contribution in [0.25, 0.3) is 0 Å². The molecule has 1 aliphatic carbocycles. The van der Waals surface area contributed by atoms with E-state index in [0.717, 1.165) is 25.7 Å². The second-order valence-electron chi connectivity index (χ2n) is 4.92. The summed E-state index contributed by atoms with van der Waals surface area (Å²) < 4.78 is 6.50. The number of rotatable bonds is 6. The number of aromatic nitrogens is 2. The molecule has 110 valence electrons. The molecule has 1 unspecified atom stereocenters. The molecule has 2 rings (SSSR count). The van der Waals surface area contributed by atoms with Crippen LogP contribution < -0.4 is 5.32 Å². The molecule has 2 N–H and O–H groups in total. The molecule has 0 aliphatic heterocycles. The molecule has 1 heterocycles. The van der Waals surface area contributed by atoms with Gasteiger partial charge in [-0.3, -0.25) is 9.48 Å². The Bertz CT molecular complexity index is 480. The van der Waals surface area contributed by atoms with Crippen molar-refractivity contribution in [3.63, 3.8) is 0 Å². The number of carbonyl (C=O) groups excluding carboxylic acids is 1. The van der Waals surface area contributed by atoms with Crippen molar-refractivity contribution in [2.24, 2.45) is 0 Å². The largest absolute Gasteiger partial charge is 0.480 e. The zero-order chi connectivity index (χ0) is 14.5. The van der Waals surface area contributed by atoms with Gasteiger partial charge in [-0.2, -0.15) is 5.10 Å². The second kappa shape index (κ2) is 6.51. The van der Waals surface area contributed by atoms with Crippen LogP contribution in [0.1, 0.15) is 42.2 Å². The minimum Gasteiger partial charge on any atom is -0.480 e. The third-order valence-corrected chi connectivity index (χ3v) is 3.51. The Morgan fingerprint density at radius 2 is 2.25 bits per heavy atom. The number of methoxy groups -OCH3 is 1. The lowest BCUT2D eigenvalue weighted by atomic mass is 10.2. The molecule has 1 aromatic heterocycles. The van der Waals surface area contributed by atoms with Gasteiger partial charge in [0.1, 0.15) is 5.69 Å². The predicted octanol–water partition coefficient (Wildman–Crippen LogP) is 0.828. The molecular formula is C13H19N3O4. The first kappa shape index (κ1) is 14.5. The highest BCUT2D eigenvalue weighted by atomic mass is 16.5. The summed E-state index contributed by atoms with van der Waals surface area (Å²) in [4.78, 5) is 23.2. The minimum absolute atomic E-state index is 0.0708. The molecule has 1 fully saturated rings. The van der Waals surface area contributed by atoms with Crippen LogP contribution in [0.4, 0.5) is 0 Å². The molecule has 1 aromatic rings. The molecule has 0 bridgehead atoms. The SMILES string of the molecule is COCC(NC(=O)c1ccnn1C1CCCC1)C(=O)O. The quantitative estimate of drug-likeness (QED) is 0.805. The second-order valence-corrected chi connectivity index (χ2v) is 4.92. The molecular weight excluding hydrogens is 262 g/mol. The van der Waals surface area contributed by atoms with E-state index in [1.54, 1.807) is 16.9 Å². The van der Waals surface area contributed by atoms with Crippen LogP contribution in [-0.4, -0.2) is 46.5 Å². The van der Waals surface area contributed by atoms with Crippen molar-refractivity contribution in [2.45, 2.75) is 37.8 Å². The third kappa shape index (κ3) is 3.16. The minimum atomic E-state index is -1.12. The number of hydrogen-bond acceptors (Lipinski definition) is 4. The first-order valence-electron chi connectivity index (χ1n) is 6.69. The lowest BCUT2D eigenvalue weighted by Crippen LogP contribution is -2.44. The normalized spacial score (nSPS) is 17.1. The number of nitrogens with zero attached hydrogens (tertiary/aromatic N) is 2. The molecule has 0 spiro atoms. The fourth-order valence-electron chi connectivity index (χ4n) is 2.51. The number of hydrogen-bond donors (Lipinski definition) is 2. The van der Waals surface area contributed by atoms with Crippen molar-refractivity contribution in [1.29, 1.82) is 0 Å². The highest BCUT2D eigenvalue weighted by molar-refractivity contribution is 5.95. The summed E-state index contributed by atoms with van der Waals surface area (Å²) in [6, 6.07) is 0.787. The zero-order valence-electron chi connectivity index (χ0n) is 11.4. The monoisotopic (exact) mass is 281 g/mol. The third-order valence-electron chi connectivity index (χ3n) is 3.51. The van der Waals surface area contributed by atoms with Crippen LogP contribution in [0.2, 0.25) is 0 Å². The summed E-state index contributed by atoms with van der Waals surface area (Å²) in [5, 5.41) is 15.7. The molecule has 0 saturated heterocycles. The summed E-state index contributed by atoms with van der Waals surface area (Å²) in [5.41, 5.74) is 0.402. The van der Waals surface area contributed by atoms with Gasteiger partial charge in [-0.05, 0) is 18.9 Å². The standard InChI is InChI=1S/C13H19N3O4/c1-20-8-10(13(18)19)15-12(17)11-6-7-14-16(11)9-4-2-3-5-9/h6-7,9-10H,2-5,8H2,1H3,(H,15,17)(H,18,19). The first-order chi connectivity index (χ1) is 9.63. The molecule has 0 aromatic carbocycles. The average Bonchev–Trinajstić information content (AvgIpc) is 3.08.